The highest BCUT2D eigenvalue weighted by Gasteiger charge is 2.23. The van der Waals surface area contributed by atoms with Crippen molar-refractivity contribution in [3.8, 4) is 0 Å². The van der Waals surface area contributed by atoms with Gasteiger partial charge in [-0.2, -0.15) is 0 Å². The molecule has 1 saturated heterocycles. The van der Waals surface area contributed by atoms with Crippen LogP contribution in [0.5, 0.6) is 0 Å². The molecule has 0 aromatic carbocycles. The number of hydrogen-bond donors (Lipinski definition) is 0. The third-order valence-electron chi connectivity index (χ3n) is 4.14. The highest BCUT2D eigenvalue weighted by molar-refractivity contribution is 5.90. The number of esters is 1. The minimum Gasteiger partial charge on any atom is -0.455 e. The quantitative estimate of drug-likeness (QED) is 0.571. The Morgan fingerprint density at radius 3 is 1.77 bits per heavy atom. The lowest BCUT2D eigenvalue weighted by molar-refractivity contribution is -0.138. The molecule has 0 N–H and O–H groups in total. The molecule has 1 aromatic rings. The number of carbonyl (C=O) groups excluding carboxylic acids is 2. The van der Waals surface area contributed by atoms with Crippen molar-refractivity contribution >= 4 is 17.8 Å². The van der Waals surface area contributed by atoms with Crippen LogP contribution in [0.2, 0.25) is 0 Å². The largest absolute Gasteiger partial charge is 0.455 e. The van der Waals surface area contributed by atoms with Gasteiger partial charge in [-0.3, -0.25) is 0 Å². The molecule has 3 unspecified atom stereocenters. The van der Waals surface area contributed by atoms with Gasteiger partial charge in [0.15, 0.2) is 0 Å². The van der Waals surface area contributed by atoms with Gasteiger partial charge in [-0.05, 0) is 47.6 Å². The third-order valence-corrected chi connectivity index (χ3v) is 4.14. The fourth-order valence-corrected chi connectivity index (χ4v) is 2.70. The number of oxime groups is 1. The average molecular weight is 440 g/mol. The molecule has 1 aromatic heterocycles. The second kappa shape index (κ2) is 12.0. The molecule has 3 aliphatic heterocycles. The topological polar surface area (TPSA) is 113 Å². The summed E-state index contributed by atoms with van der Waals surface area (Å²) in [5.74, 6) is -0.183. The van der Waals surface area contributed by atoms with Crippen molar-refractivity contribution < 1.29 is 28.4 Å². The van der Waals surface area contributed by atoms with E-state index in [4.69, 9.17) is 14.3 Å². The van der Waals surface area contributed by atoms with Gasteiger partial charge in [0.2, 0.25) is 0 Å². The monoisotopic (exact) mass is 439 g/mol. The SMILES string of the molecule is CC1=CC(C)OC1=O.CC1=NOC(C)C1.CC1CN(C)C(=O)O1.Cc1cn(C)oc1=O. The summed E-state index contributed by atoms with van der Waals surface area (Å²) in [4.78, 5) is 37.8. The molecule has 4 rings (SSSR count). The Morgan fingerprint density at radius 2 is 1.65 bits per heavy atom. The molecule has 0 aliphatic carbocycles. The summed E-state index contributed by atoms with van der Waals surface area (Å²) in [6.45, 7) is 11.9. The normalized spacial score (nSPS) is 23.6. The van der Waals surface area contributed by atoms with E-state index in [-0.39, 0.29) is 29.9 Å². The molecule has 10 heteroatoms. The Kier molecular flexibility index (Phi) is 10.0. The van der Waals surface area contributed by atoms with Gasteiger partial charge >= 0.3 is 17.7 Å². The molecule has 0 bridgehead atoms. The van der Waals surface area contributed by atoms with Crippen LogP contribution in [-0.2, 0) is 26.2 Å². The smallest absolute Gasteiger partial charge is 0.409 e. The first kappa shape index (κ1) is 26.0. The van der Waals surface area contributed by atoms with Crippen LogP contribution in [0.1, 0.15) is 46.6 Å². The van der Waals surface area contributed by atoms with Crippen LogP contribution >= 0.6 is 0 Å². The van der Waals surface area contributed by atoms with Crippen molar-refractivity contribution in [3.05, 3.63) is 33.8 Å². The second-order valence-electron chi connectivity index (χ2n) is 7.72. The number of amides is 1. The van der Waals surface area contributed by atoms with Crippen LogP contribution in [0.3, 0.4) is 0 Å². The van der Waals surface area contributed by atoms with Crippen LogP contribution in [-0.4, -0.2) is 59.3 Å². The number of aryl methyl sites for hydroxylation is 2. The number of aromatic nitrogens is 1. The summed E-state index contributed by atoms with van der Waals surface area (Å²) in [6, 6.07) is 0. The number of cyclic esters (lactones) is 2. The average Bonchev–Trinajstić information content (AvgIpc) is 3.34. The summed E-state index contributed by atoms with van der Waals surface area (Å²) < 4.78 is 15.5. The maximum Gasteiger partial charge on any atom is 0.409 e. The molecule has 31 heavy (non-hydrogen) atoms. The number of carbonyl (C=O) groups is 2. The first-order chi connectivity index (χ1) is 14.4. The van der Waals surface area contributed by atoms with Gasteiger partial charge in [0.05, 0.1) is 17.8 Å². The lowest BCUT2D eigenvalue weighted by Gasteiger charge is -1.99. The van der Waals surface area contributed by atoms with Gasteiger partial charge in [-0.25, -0.2) is 19.1 Å². The first-order valence-electron chi connectivity index (χ1n) is 10.0. The summed E-state index contributed by atoms with van der Waals surface area (Å²) >= 11 is 0. The van der Waals surface area contributed by atoms with Gasteiger partial charge in [-0.15, -0.1) is 0 Å². The lowest BCUT2D eigenvalue weighted by Crippen LogP contribution is -2.18. The predicted octanol–water partition coefficient (Wildman–Crippen LogP) is 2.79. The Labute approximate surface area is 182 Å². The molecular weight excluding hydrogens is 406 g/mol. The summed E-state index contributed by atoms with van der Waals surface area (Å²) in [6.07, 6.45) is 4.62. The van der Waals surface area contributed by atoms with Gasteiger partial charge in [0, 0.05) is 32.3 Å². The van der Waals surface area contributed by atoms with Crippen LogP contribution in [0, 0.1) is 6.92 Å². The number of nitrogens with zero attached hydrogens (tertiary/aromatic N) is 3. The number of rotatable bonds is 0. The van der Waals surface area contributed by atoms with E-state index in [0.717, 1.165) is 24.3 Å². The van der Waals surface area contributed by atoms with Crippen LogP contribution in [0.4, 0.5) is 4.79 Å². The summed E-state index contributed by atoms with van der Waals surface area (Å²) in [7, 11) is 3.40. The zero-order valence-corrected chi connectivity index (χ0v) is 19.5. The fourth-order valence-electron chi connectivity index (χ4n) is 2.70. The van der Waals surface area contributed by atoms with Crippen molar-refractivity contribution in [2.24, 2.45) is 12.2 Å². The molecule has 0 radical (unpaired) electrons. The Morgan fingerprint density at radius 1 is 1.00 bits per heavy atom. The summed E-state index contributed by atoms with van der Waals surface area (Å²) in [5.41, 5.74) is 2.21. The molecule has 174 valence electrons. The van der Waals surface area contributed by atoms with Gasteiger partial charge < -0.3 is 23.7 Å². The molecule has 0 saturated carbocycles. The van der Waals surface area contributed by atoms with Gasteiger partial charge in [-0.1, -0.05) is 5.16 Å². The van der Waals surface area contributed by atoms with E-state index in [1.807, 2.05) is 33.8 Å². The summed E-state index contributed by atoms with van der Waals surface area (Å²) in [5, 5.41) is 3.73. The van der Waals surface area contributed by atoms with Crippen LogP contribution < -0.4 is 5.63 Å². The first-order valence-corrected chi connectivity index (χ1v) is 10.0. The molecule has 0 spiro atoms. The molecule has 1 fully saturated rings. The molecular formula is C21H33N3O7. The fraction of sp³-hybridized carbons (Fsp3) is 0.619. The Hall–Kier alpha value is -3.04. The second-order valence-corrected chi connectivity index (χ2v) is 7.72. The van der Waals surface area contributed by atoms with Gasteiger partial charge in [0.1, 0.15) is 18.3 Å². The number of likely N-dealkylation sites (N-methyl/N-ethyl adjacent to an activating group) is 1. The molecule has 4 heterocycles. The minimum atomic E-state index is -0.257. The van der Waals surface area contributed by atoms with Crippen LogP contribution in [0.15, 0.2) is 32.3 Å². The standard InChI is InChI=1S/C6H8O2.C5H9NO2.C5H7NO2.C5H9NO/c1-4-3-5(2)8-6(4)7;1-4-3-6(2)5(7)8-4;1-4-3-6(2)8-5(4)7;1-4-3-5(2)7-6-4/h3,5H,1-2H3;4H,3H2,1-2H3;3H,1-2H3;5H,3H2,1-2H3. The van der Waals surface area contributed by atoms with Gasteiger partial charge in [0.25, 0.3) is 0 Å². The number of ether oxygens (including phenoxy) is 2. The maximum absolute atomic E-state index is 10.5. The van der Waals surface area contributed by atoms with Crippen molar-refractivity contribution in [1.29, 1.82) is 0 Å². The van der Waals surface area contributed by atoms with E-state index in [1.54, 1.807) is 39.0 Å². The molecule has 3 atom stereocenters. The van der Waals surface area contributed by atoms with E-state index in [9.17, 15) is 14.4 Å². The third kappa shape index (κ3) is 9.54. The van der Waals surface area contributed by atoms with E-state index in [0.29, 0.717) is 11.7 Å². The van der Waals surface area contributed by atoms with E-state index >= 15 is 0 Å². The molecule has 1 amide bonds. The minimum absolute atomic E-state index is 0.0116. The lowest BCUT2D eigenvalue weighted by atomic mass is 10.2. The van der Waals surface area contributed by atoms with Crippen molar-refractivity contribution in [1.82, 2.24) is 9.64 Å². The zero-order valence-electron chi connectivity index (χ0n) is 19.5. The zero-order chi connectivity index (χ0) is 23.7. The predicted molar refractivity (Wildman–Crippen MR) is 115 cm³/mol. The molecule has 3 aliphatic rings. The number of hydrogen-bond acceptors (Lipinski definition) is 8. The van der Waals surface area contributed by atoms with Crippen molar-refractivity contribution in [2.45, 2.75) is 66.3 Å². The van der Waals surface area contributed by atoms with E-state index < -0.39 is 0 Å². The van der Waals surface area contributed by atoms with E-state index in [2.05, 4.69) is 9.68 Å². The van der Waals surface area contributed by atoms with E-state index in [1.165, 1.54) is 4.74 Å². The Bertz CT molecular complexity index is 869. The van der Waals surface area contributed by atoms with Crippen molar-refractivity contribution in [3.63, 3.8) is 0 Å². The highest BCUT2D eigenvalue weighted by Crippen LogP contribution is 2.11. The van der Waals surface area contributed by atoms with Crippen molar-refractivity contribution in [2.75, 3.05) is 13.6 Å². The highest BCUT2D eigenvalue weighted by atomic mass is 16.6. The maximum atomic E-state index is 10.5. The van der Waals surface area contributed by atoms with Crippen LogP contribution in [0.25, 0.3) is 0 Å². The Balaban J connectivity index is 0.000000207. The molecule has 10 nitrogen and oxygen atoms in total.